The van der Waals surface area contributed by atoms with Crippen molar-refractivity contribution < 1.29 is 4.79 Å². The molecular weight excluding hydrogens is 198 g/mol. The lowest BCUT2D eigenvalue weighted by atomic mass is 10.2. The molecule has 1 aromatic rings. The van der Waals surface area contributed by atoms with E-state index < -0.39 is 11.9 Å². The Morgan fingerprint density at radius 2 is 2.50 bits per heavy atom. The molecule has 0 aliphatic heterocycles. The summed E-state index contributed by atoms with van der Waals surface area (Å²) in [5, 5.41) is 1.76. The van der Waals surface area contributed by atoms with Crippen LogP contribution in [0.3, 0.4) is 0 Å². The second kappa shape index (κ2) is 3.84. The summed E-state index contributed by atoms with van der Waals surface area (Å²) in [6.07, 6.45) is 0.346. The average Bonchev–Trinajstić information content (AvgIpc) is 2.35. The fraction of sp³-hybridized carbons (Fsp3) is 0.333. The zero-order valence-electron chi connectivity index (χ0n) is 6.16. The van der Waals surface area contributed by atoms with Gasteiger partial charge in [-0.05, 0) is 0 Å². The predicted molar refractivity (Wildman–Crippen MR) is 48.0 cm³/mol. The number of hydrogen-bond donors (Lipinski definition) is 2. The maximum Gasteiger partial charge on any atom is 0.234 e. The molecule has 1 aromatic heterocycles. The van der Waals surface area contributed by atoms with Crippen LogP contribution >= 0.6 is 22.9 Å². The monoisotopic (exact) mass is 205 g/mol. The second-order valence-corrected chi connectivity index (χ2v) is 3.75. The maximum atomic E-state index is 10.6. The molecule has 1 heterocycles. The van der Waals surface area contributed by atoms with Crippen LogP contribution < -0.4 is 11.5 Å². The van der Waals surface area contributed by atoms with E-state index in [0.717, 1.165) is 0 Å². The minimum absolute atomic E-state index is 0.346. The summed E-state index contributed by atoms with van der Waals surface area (Å²) in [7, 11) is 0. The van der Waals surface area contributed by atoms with E-state index in [-0.39, 0.29) is 0 Å². The summed E-state index contributed by atoms with van der Waals surface area (Å²) < 4.78 is 0.446. The number of amides is 1. The van der Waals surface area contributed by atoms with Gasteiger partial charge in [-0.15, -0.1) is 11.3 Å². The van der Waals surface area contributed by atoms with Crippen LogP contribution in [0.2, 0.25) is 4.47 Å². The molecule has 4 N–H and O–H groups in total. The Kier molecular flexibility index (Phi) is 3.02. The molecule has 4 nitrogen and oxygen atoms in total. The molecule has 12 heavy (non-hydrogen) atoms. The summed E-state index contributed by atoms with van der Waals surface area (Å²) in [5.74, 6) is -0.529. The van der Waals surface area contributed by atoms with Gasteiger partial charge in [0.2, 0.25) is 5.91 Å². The quantitative estimate of drug-likeness (QED) is 0.737. The van der Waals surface area contributed by atoms with Crippen molar-refractivity contribution in [2.45, 2.75) is 12.5 Å². The maximum absolute atomic E-state index is 10.6. The minimum Gasteiger partial charge on any atom is -0.368 e. The minimum atomic E-state index is -0.678. The first kappa shape index (κ1) is 9.44. The summed E-state index contributed by atoms with van der Waals surface area (Å²) in [6, 6.07) is -0.678. The van der Waals surface area contributed by atoms with Crippen molar-refractivity contribution in [3.63, 3.8) is 0 Å². The number of nitrogens with zero attached hydrogens (tertiary/aromatic N) is 1. The Labute approximate surface area is 78.5 Å². The Balaban J connectivity index is 2.58. The highest BCUT2D eigenvalue weighted by Crippen LogP contribution is 2.15. The number of rotatable bonds is 3. The zero-order chi connectivity index (χ0) is 9.14. The fourth-order valence-electron chi connectivity index (χ4n) is 0.702. The van der Waals surface area contributed by atoms with E-state index in [9.17, 15) is 4.79 Å². The van der Waals surface area contributed by atoms with Gasteiger partial charge < -0.3 is 11.5 Å². The molecule has 0 aromatic carbocycles. The zero-order valence-corrected chi connectivity index (χ0v) is 7.73. The van der Waals surface area contributed by atoms with Gasteiger partial charge in [-0.2, -0.15) is 0 Å². The van der Waals surface area contributed by atoms with Crippen LogP contribution in [-0.2, 0) is 11.2 Å². The van der Waals surface area contributed by atoms with Gasteiger partial charge in [-0.3, -0.25) is 4.79 Å². The second-order valence-electron chi connectivity index (χ2n) is 2.30. The van der Waals surface area contributed by atoms with Crippen LogP contribution in [-0.4, -0.2) is 16.9 Å². The lowest BCUT2D eigenvalue weighted by Gasteiger charge is -2.02. The van der Waals surface area contributed by atoms with Crippen molar-refractivity contribution in [1.29, 1.82) is 0 Å². The summed E-state index contributed by atoms with van der Waals surface area (Å²) in [6.45, 7) is 0. The molecule has 1 atom stereocenters. The molecule has 1 rings (SSSR count). The van der Waals surface area contributed by atoms with Crippen LogP contribution in [0, 0.1) is 0 Å². The van der Waals surface area contributed by atoms with E-state index in [4.69, 9.17) is 23.1 Å². The van der Waals surface area contributed by atoms with Crippen molar-refractivity contribution in [2.24, 2.45) is 11.5 Å². The Morgan fingerprint density at radius 3 is 2.92 bits per heavy atom. The summed E-state index contributed by atoms with van der Waals surface area (Å²) >= 11 is 6.88. The molecule has 1 amide bonds. The first-order valence-electron chi connectivity index (χ1n) is 3.24. The van der Waals surface area contributed by atoms with E-state index in [1.807, 2.05) is 0 Å². The number of aromatic nitrogens is 1. The largest absolute Gasteiger partial charge is 0.368 e. The van der Waals surface area contributed by atoms with E-state index in [1.54, 1.807) is 5.38 Å². The Bertz CT molecular complexity index is 288. The van der Waals surface area contributed by atoms with Crippen LogP contribution in [0.1, 0.15) is 5.69 Å². The normalized spacial score (nSPS) is 12.8. The fourth-order valence-corrected chi connectivity index (χ4v) is 1.50. The molecule has 0 radical (unpaired) electrons. The lowest BCUT2D eigenvalue weighted by molar-refractivity contribution is -0.119. The number of primary amides is 1. The molecule has 66 valence electrons. The molecule has 0 saturated carbocycles. The molecule has 0 aliphatic rings. The number of carbonyl (C=O) groups excluding carboxylic acids is 1. The van der Waals surface area contributed by atoms with E-state index >= 15 is 0 Å². The van der Waals surface area contributed by atoms with Gasteiger partial charge in [-0.25, -0.2) is 4.98 Å². The van der Waals surface area contributed by atoms with E-state index in [1.165, 1.54) is 11.3 Å². The van der Waals surface area contributed by atoms with E-state index in [2.05, 4.69) is 4.98 Å². The highest BCUT2D eigenvalue weighted by Gasteiger charge is 2.11. The molecular formula is C6H8ClN3OS. The summed E-state index contributed by atoms with van der Waals surface area (Å²) in [5.41, 5.74) is 11.1. The van der Waals surface area contributed by atoms with Gasteiger partial charge in [0.15, 0.2) is 4.47 Å². The molecule has 0 bridgehead atoms. The Morgan fingerprint density at radius 1 is 1.83 bits per heavy atom. The standard InChI is InChI=1S/C6H8ClN3OS/c7-6-10-3(2-12-6)1-4(8)5(9)11/h2,4H,1,8H2,(H2,9,11). The van der Waals surface area contributed by atoms with Gasteiger partial charge in [-0.1, -0.05) is 11.6 Å². The molecule has 1 unspecified atom stereocenters. The number of nitrogens with two attached hydrogens (primary N) is 2. The average molecular weight is 206 g/mol. The Hall–Kier alpha value is -0.650. The van der Waals surface area contributed by atoms with Crippen LogP contribution in [0.15, 0.2) is 5.38 Å². The predicted octanol–water partition coefficient (Wildman–Crippen LogP) is 0.152. The van der Waals surface area contributed by atoms with Gasteiger partial charge >= 0.3 is 0 Å². The number of carbonyl (C=O) groups is 1. The highest BCUT2D eigenvalue weighted by molar-refractivity contribution is 7.13. The molecule has 0 aliphatic carbocycles. The van der Waals surface area contributed by atoms with Gasteiger partial charge in [0.1, 0.15) is 0 Å². The number of halogens is 1. The highest BCUT2D eigenvalue weighted by atomic mass is 35.5. The summed E-state index contributed by atoms with van der Waals surface area (Å²) in [4.78, 5) is 14.5. The third kappa shape index (κ3) is 2.44. The van der Waals surface area contributed by atoms with Crippen molar-refractivity contribution in [1.82, 2.24) is 4.98 Å². The number of hydrogen-bond acceptors (Lipinski definition) is 4. The third-order valence-electron chi connectivity index (χ3n) is 1.32. The van der Waals surface area contributed by atoms with Gasteiger partial charge in [0.05, 0.1) is 11.7 Å². The lowest BCUT2D eigenvalue weighted by Crippen LogP contribution is -2.38. The molecule has 0 fully saturated rings. The molecule has 0 spiro atoms. The third-order valence-corrected chi connectivity index (χ3v) is 2.35. The first-order chi connectivity index (χ1) is 5.59. The van der Waals surface area contributed by atoms with Crippen LogP contribution in [0.25, 0.3) is 0 Å². The van der Waals surface area contributed by atoms with Crippen molar-refractivity contribution in [2.75, 3.05) is 0 Å². The first-order valence-corrected chi connectivity index (χ1v) is 4.50. The van der Waals surface area contributed by atoms with Crippen molar-refractivity contribution in [3.8, 4) is 0 Å². The van der Waals surface area contributed by atoms with Crippen LogP contribution in [0.5, 0.6) is 0 Å². The molecule has 0 saturated heterocycles. The van der Waals surface area contributed by atoms with Gasteiger partial charge in [0, 0.05) is 11.8 Å². The smallest absolute Gasteiger partial charge is 0.234 e. The topological polar surface area (TPSA) is 82.0 Å². The number of thiazole rings is 1. The molecule has 6 heteroatoms. The SMILES string of the molecule is NC(=O)C(N)Cc1csc(Cl)n1. The van der Waals surface area contributed by atoms with Crippen LogP contribution in [0.4, 0.5) is 0 Å². The van der Waals surface area contributed by atoms with Crippen molar-refractivity contribution in [3.05, 3.63) is 15.5 Å². The van der Waals surface area contributed by atoms with Crippen molar-refractivity contribution >= 4 is 28.8 Å². The van der Waals surface area contributed by atoms with Gasteiger partial charge in [0.25, 0.3) is 0 Å². The van der Waals surface area contributed by atoms with E-state index in [0.29, 0.717) is 16.6 Å².